The minimum atomic E-state index is -0.574. The second kappa shape index (κ2) is 8.85. The molecule has 6 nitrogen and oxygen atoms in total. The molecule has 148 valence electrons. The van der Waals surface area contributed by atoms with Gasteiger partial charge in [0.25, 0.3) is 0 Å². The van der Waals surface area contributed by atoms with E-state index in [9.17, 15) is 9.59 Å². The molecule has 0 aromatic heterocycles. The van der Waals surface area contributed by atoms with Crippen LogP contribution in [0.2, 0.25) is 0 Å². The Morgan fingerprint density at radius 1 is 1.15 bits per heavy atom. The predicted octanol–water partition coefficient (Wildman–Crippen LogP) is 1.40. The molecule has 2 saturated heterocycles. The second-order valence-electron chi connectivity index (χ2n) is 8.27. The highest BCUT2D eigenvalue weighted by Gasteiger charge is 2.40. The number of hydrogen-bond acceptors (Lipinski definition) is 4. The molecule has 1 aromatic rings. The Morgan fingerprint density at radius 2 is 1.78 bits per heavy atom. The first-order valence-corrected chi connectivity index (χ1v) is 10.1. The Labute approximate surface area is 161 Å². The standard InChI is InChI=1S/C21H32N4O2/c1-14(2)20(22)21(27)23-12-19(26)24-16-10-17-8-9-18(11-16)25(17)13-15-6-4-3-5-7-15/h3-7,14,16-18,20H,8-13,22H2,1-2H3,(H,23,27)(H,24,26)/t16?,17?,18?,20-/m0/s1. The first-order chi connectivity index (χ1) is 12.9. The molecule has 0 aliphatic carbocycles. The van der Waals surface area contributed by atoms with Crippen LogP contribution in [-0.4, -0.2) is 47.4 Å². The number of nitrogens with one attached hydrogen (secondary N) is 2. The minimum Gasteiger partial charge on any atom is -0.352 e. The molecule has 27 heavy (non-hydrogen) atoms. The van der Waals surface area contributed by atoms with Crippen molar-refractivity contribution in [2.24, 2.45) is 11.7 Å². The van der Waals surface area contributed by atoms with Crippen LogP contribution < -0.4 is 16.4 Å². The topological polar surface area (TPSA) is 87.5 Å². The quantitative estimate of drug-likeness (QED) is 0.675. The number of carbonyl (C=O) groups is 2. The van der Waals surface area contributed by atoms with Crippen LogP contribution >= 0.6 is 0 Å². The molecule has 3 rings (SSSR count). The summed E-state index contributed by atoms with van der Waals surface area (Å²) in [5, 5.41) is 5.75. The van der Waals surface area contributed by atoms with Crippen molar-refractivity contribution in [1.82, 2.24) is 15.5 Å². The first-order valence-electron chi connectivity index (χ1n) is 10.1. The van der Waals surface area contributed by atoms with Gasteiger partial charge in [-0.25, -0.2) is 0 Å². The van der Waals surface area contributed by atoms with Crippen LogP contribution in [0.15, 0.2) is 30.3 Å². The van der Waals surface area contributed by atoms with Gasteiger partial charge in [0, 0.05) is 24.7 Å². The van der Waals surface area contributed by atoms with Gasteiger partial charge in [-0.15, -0.1) is 0 Å². The highest BCUT2D eigenvalue weighted by molar-refractivity contribution is 5.87. The summed E-state index contributed by atoms with van der Waals surface area (Å²) in [6.45, 7) is 4.77. The third kappa shape index (κ3) is 5.08. The van der Waals surface area contributed by atoms with E-state index in [0.29, 0.717) is 12.1 Å². The van der Waals surface area contributed by atoms with Gasteiger partial charge in [-0.2, -0.15) is 0 Å². The van der Waals surface area contributed by atoms with Gasteiger partial charge in [0.15, 0.2) is 0 Å². The highest BCUT2D eigenvalue weighted by Crippen LogP contribution is 2.36. The number of hydrogen-bond donors (Lipinski definition) is 3. The van der Waals surface area contributed by atoms with Crippen molar-refractivity contribution >= 4 is 11.8 Å². The second-order valence-corrected chi connectivity index (χ2v) is 8.27. The average Bonchev–Trinajstić information content (AvgIpc) is 2.88. The summed E-state index contributed by atoms with van der Waals surface area (Å²) in [7, 11) is 0. The largest absolute Gasteiger partial charge is 0.352 e. The van der Waals surface area contributed by atoms with Gasteiger partial charge >= 0.3 is 0 Å². The molecule has 0 spiro atoms. The zero-order chi connectivity index (χ0) is 19.4. The van der Waals surface area contributed by atoms with Gasteiger partial charge < -0.3 is 16.4 Å². The van der Waals surface area contributed by atoms with Crippen LogP contribution in [0.4, 0.5) is 0 Å². The van der Waals surface area contributed by atoms with Crippen molar-refractivity contribution in [3.63, 3.8) is 0 Å². The lowest BCUT2D eigenvalue weighted by Gasteiger charge is -2.39. The van der Waals surface area contributed by atoms with Crippen LogP contribution in [0.5, 0.6) is 0 Å². The summed E-state index contributed by atoms with van der Waals surface area (Å²) in [6, 6.07) is 11.2. The number of benzene rings is 1. The molecule has 1 aromatic carbocycles. The van der Waals surface area contributed by atoms with Crippen LogP contribution in [0.25, 0.3) is 0 Å². The van der Waals surface area contributed by atoms with E-state index in [4.69, 9.17) is 5.73 Å². The molecular formula is C21H32N4O2. The predicted molar refractivity (Wildman–Crippen MR) is 106 cm³/mol. The third-order valence-electron chi connectivity index (χ3n) is 5.90. The smallest absolute Gasteiger partial charge is 0.239 e. The van der Waals surface area contributed by atoms with Crippen LogP contribution in [0, 0.1) is 5.92 Å². The van der Waals surface area contributed by atoms with Crippen LogP contribution in [0.3, 0.4) is 0 Å². The van der Waals surface area contributed by atoms with Gasteiger partial charge in [-0.3, -0.25) is 14.5 Å². The van der Waals surface area contributed by atoms with E-state index >= 15 is 0 Å². The molecule has 0 saturated carbocycles. The minimum absolute atomic E-state index is 0.00117. The summed E-state index contributed by atoms with van der Waals surface area (Å²) in [6.07, 6.45) is 4.36. The number of nitrogens with zero attached hydrogens (tertiary/aromatic N) is 1. The molecule has 2 unspecified atom stereocenters. The Bertz CT molecular complexity index is 635. The van der Waals surface area contributed by atoms with Crippen LogP contribution in [0.1, 0.15) is 45.1 Å². The Hall–Kier alpha value is -1.92. The maximum Gasteiger partial charge on any atom is 0.239 e. The van der Waals surface area contributed by atoms with Gasteiger partial charge in [0.2, 0.25) is 11.8 Å². The van der Waals surface area contributed by atoms with E-state index < -0.39 is 6.04 Å². The van der Waals surface area contributed by atoms with E-state index in [1.807, 2.05) is 19.9 Å². The Balaban J connectivity index is 1.46. The van der Waals surface area contributed by atoms with Gasteiger partial charge in [0.05, 0.1) is 12.6 Å². The van der Waals surface area contributed by atoms with Gasteiger partial charge in [0.1, 0.15) is 0 Å². The number of rotatable bonds is 7. The molecule has 2 amide bonds. The lowest BCUT2D eigenvalue weighted by molar-refractivity contribution is -0.127. The molecule has 2 bridgehead atoms. The lowest BCUT2D eigenvalue weighted by atomic mass is 9.96. The van der Waals surface area contributed by atoms with E-state index in [1.165, 1.54) is 18.4 Å². The van der Waals surface area contributed by atoms with Crippen molar-refractivity contribution < 1.29 is 9.59 Å². The average molecular weight is 373 g/mol. The third-order valence-corrected chi connectivity index (χ3v) is 5.90. The van der Waals surface area contributed by atoms with Crippen LogP contribution in [-0.2, 0) is 16.1 Å². The number of amides is 2. The first kappa shape index (κ1) is 19.8. The lowest BCUT2D eigenvalue weighted by Crippen LogP contribution is -2.52. The van der Waals surface area contributed by atoms with Crippen molar-refractivity contribution in [3.05, 3.63) is 35.9 Å². The molecule has 3 atom stereocenters. The van der Waals surface area contributed by atoms with E-state index in [1.54, 1.807) is 0 Å². The van der Waals surface area contributed by atoms with Crippen molar-refractivity contribution in [2.75, 3.05) is 6.54 Å². The zero-order valence-corrected chi connectivity index (χ0v) is 16.4. The molecule has 2 aliphatic heterocycles. The molecule has 2 fully saturated rings. The fourth-order valence-electron chi connectivity index (χ4n) is 4.31. The molecule has 6 heteroatoms. The fraction of sp³-hybridized carbons (Fsp3) is 0.619. The Morgan fingerprint density at radius 3 is 2.37 bits per heavy atom. The van der Waals surface area contributed by atoms with E-state index in [2.05, 4.69) is 39.8 Å². The molecule has 2 aliphatic rings. The molecular weight excluding hydrogens is 340 g/mol. The van der Waals surface area contributed by atoms with Crippen molar-refractivity contribution in [2.45, 2.75) is 70.2 Å². The van der Waals surface area contributed by atoms with Gasteiger partial charge in [-0.1, -0.05) is 44.2 Å². The Kier molecular flexibility index (Phi) is 6.50. The number of piperidine rings is 1. The maximum absolute atomic E-state index is 12.2. The number of fused-ring (bicyclic) bond motifs is 2. The van der Waals surface area contributed by atoms with Crippen molar-refractivity contribution in [1.29, 1.82) is 0 Å². The molecule has 4 N–H and O–H groups in total. The summed E-state index contributed by atoms with van der Waals surface area (Å²) >= 11 is 0. The van der Waals surface area contributed by atoms with E-state index in [-0.39, 0.29) is 30.3 Å². The molecule has 2 heterocycles. The summed E-state index contributed by atoms with van der Waals surface area (Å²) in [4.78, 5) is 26.7. The zero-order valence-electron chi connectivity index (χ0n) is 16.4. The summed E-state index contributed by atoms with van der Waals surface area (Å²) in [5.74, 6) is -0.337. The number of nitrogens with two attached hydrogens (primary N) is 1. The van der Waals surface area contributed by atoms with Crippen molar-refractivity contribution in [3.8, 4) is 0 Å². The maximum atomic E-state index is 12.2. The summed E-state index contributed by atoms with van der Waals surface area (Å²) < 4.78 is 0. The fourth-order valence-corrected chi connectivity index (χ4v) is 4.31. The van der Waals surface area contributed by atoms with Gasteiger partial charge in [-0.05, 0) is 37.2 Å². The SMILES string of the molecule is CC(C)[C@H](N)C(=O)NCC(=O)NC1CC2CCC(C1)N2Cc1ccccc1. The monoisotopic (exact) mass is 372 g/mol. The highest BCUT2D eigenvalue weighted by atomic mass is 16.2. The molecule has 0 radical (unpaired) electrons. The number of carbonyl (C=O) groups excluding carboxylic acids is 2. The normalized spacial score (nSPS) is 26.0. The van der Waals surface area contributed by atoms with E-state index in [0.717, 1.165) is 19.4 Å². The summed E-state index contributed by atoms with van der Waals surface area (Å²) in [5.41, 5.74) is 7.15.